The maximum absolute atomic E-state index is 11.7. The maximum Gasteiger partial charge on any atom is 0.251 e. The van der Waals surface area contributed by atoms with Gasteiger partial charge < -0.3 is 10.2 Å². The summed E-state index contributed by atoms with van der Waals surface area (Å²) in [6, 6.07) is 7.83. The summed E-state index contributed by atoms with van der Waals surface area (Å²) in [5, 5.41) is 2.87. The molecular weight excluding hydrogens is 200 g/mol. The van der Waals surface area contributed by atoms with Crippen LogP contribution in [0.25, 0.3) is 0 Å². The Labute approximate surface area is 97.5 Å². The first-order valence-corrected chi connectivity index (χ1v) is 5.66. The van der Waals surface area contributed by atoms with Gasteiger partial charge in [-0.2, -0.15) is 0 Å². The van der Waals surface area contributed by atoms with Crippen LogP contribution in [-0.4, -0.2) is 25.5 Å². The fourth-order valence-electron chi connectivity index (χ4n) is 1.40. The van der Waals surface area contributed by atoms with Gasteiger partial charge in [-0.15, -0.1) is 0 Å². The second kappa shape index (κ2) is 5.54. The van der Waals surface area contributed by atoms with E-state index in [-0.39, 0.29) is 11.9 Å². The second-order valence-electron chi connectivity index (χ2n) is 4.19. The van der Waals surface area contributed by atoms with E-state index < -0.39 is 0 Å². The third kappa shape index (κ3) is 3.26. The Kier molecular flexibility index (Phi) is 4.35. The van der Waals surface area contributed by atoms with Crippen molar-refractivity contribution >= 4 is 11.6 Å². The Morgan fingerprint density at radius 1 is 1.31 bits per heavy atom. The van der Waals surface area contributed by atoms with Crippen molar-refractivity contribution in [2.75, 3.05) is 18.5 Å². The highest BCUT2D eigenvalue weighted by Gasteiger charge is 2.06. The lowest BCUT2D eigenvalue weighted by atomic mass is 10.1. The standard InChI is InChI=1S/C13H20N2O/c1-5-15(4)12-8-6-11(7-9-12)13(16)14-10(2)3/h6-10H,5H2,1-4H3,(H,14,16). The summed E-state index contributed by atoms with van der Waals surface area (Å²) in [5.74, 6) is -0.0132. The Balaban J connectivity index is 2.74. The molecule has 0 heterocycles. The lowest BCUT2D eigenvalue weighted by molar-refractivity contribution is 0.0943. The molecule has 0 radical (unpaired) electrons. The summed E-state index contributed by atoms with van der Waals surface area (Å²) in [5.41, 5.74) is 1.84. The van der Waals surface area contributed by atoms with Gasteiger partial charge in [0.05, 0.1) is 0 Å². The minimum Gasteiger partial charge on any atom is -0.375 e. The van der Waals surface area contributed by atoms with Crippen molar-refractivity contribution in [1.82, 2.24) is 5.32 Å². The minimum absolute atomic E-state index is 0.0132. The topological polar surface area (TPSA) is 32.3 Å². The van der Waals surface area contributed by atoms with Crippen LogP contribution < -0.4 is 10.2 Å². The Bertz CT molecular complexity index is 343. The molecule has 0 unspecified atom stereocenters. The molecule has 0 aliphatic heterocycles. The zero-order chi connectivity index (χ0) is 12.1. The van der Waals surface area contributed by atoms with E-state index in [2.05, 4.69) is 17.1 Å². The van der Waals surface area contributed by atoms with Crippen LogP contribution >= 0.6 is 0 Å². The van der Waals surface area contributed by atoms with Crippen LogP contribution in [0.4, 0.5) is 5.69 Å². The van der Waals surface area contributed by atoms with E-state index in [1.807, 2.05) is 45.2 Å². The molecule has 0 fully saturated rings. The van der Waals surface area contributed by atoms with E-state index >= 15 is 0 Å². The van der Waals surface area contributed by atoms with Crippen molar-refractivity contribution in [2.45, 2.75) is 26.8 Å². The molecule has 1 amide bonds. The summed E-state index contributed by atoms with van der Waals surface area (Å²) in [6.07, 6.45) is 0. The molecule has 0 aromatic heterocycles. The number of hydrogen-bond acceptors (Lipinski definition) is 2. The monoisotopic (exact) mass is 220 g/mol. The number of nitrogens with zero attached hydrogens (tertiary/aromatic N) is 1. The first-order chi connectivity index (χ1) is 7.54. The summed E-state index contributed by atoms with van der Waals surface area (Å²) < 4.78 is 0. The predicted octanol–water partition coefficient (Wildman–Crippen LogP) is 2.28. The zero-order valence-electron chi connectivity index (χ0n) is 10.4. The van der Waals surface area contributed by atoms with Crippen LogP contribution in [0, 0.1) is 0 Å². The van der Waals surface area contributed by atoms with E-state index in [0.29, 0.717) is 5.56 Å². The Hall–Kier alpha value is -1.51. The molecule has 3 nitrogen and oxygen atoms in total. The number of nitrogens with one attached hydrogen (secondary N) is 1. The van der Waals surface area contributed by atoms with Gasteiger partial charge in [0.15, 0.2) is 0 Å². The third-order valence-electron chi connectivity index (χ3n) is 2.46. The molecule has 3 heteroatoms. The first-order valence-electron chi connectivity index (χ1n) is 5.66. The van der Waals surface area contributed by atoms with Crippen molar-refractivity contribution in [3.8, 4) is 0 Å². The molecule has 1 aromatic rings. The second-order valence-corrected chi connectivity index (χ2v) is 4.19. The summed E-state index contributed by atoms with van der Waals surface area (Å²) in [4.78, 5) is 13.8. The average Bonchev–Trinajstić information content (AvgIpc) is 2.27. The molecule has 0 spiro atoms. The van der Waals surface area contributed by atoms with Gasteiger partial charge in [-0.25, -0.2) is 0 Å². The average molecular weight is 220 g/mol. The molecule has 1 rings (SSSR count). The van der Waals surface area contributed by atoms with Crippen LogP contribution in [0.1, 0.15) is 31.1 Å². The molecule has 0 aliphatic rings. The number of amides is 1. The smallest absolute Gasteiger partial charge is 0.251 e. The van der Waals surface area contributed by atoms with E-state index in [0.717, 1.165) is 12.2 Å². The number of anilines is 1. The van der Waals surface area contributed by atoms with Crippen molar-refractivity contribution in [1.29, 1.82) is 0 Å². The van der Waals surface area contributed by atoms with Gasteiger partial charge in [-0.05, 0) is 45.0 Å². The molecule has 0 bridgehead atoms. The van der Waals surface area contributed by atoms with Crippen molar-refractivity contribution < 1.29 is 4.79 Å². The largest absolute Gasteiger partial charge is 0.375 e. The minimum atomic E-state index is -0.0132. The summed E-state index contributed by atoms with van der Waals surface area (Å²) >= 11 is 0. The van der Waals surface area contributed by atoms with Crippen molar-refractivity contribution in [3.63, 3.8) is 0 Å². The number of carbonyl (C=O) groups is 1. The number of rotatable bonds is 4. The van der Waals surface area contributed by atoms with E-state index in [1.165, 1.54) is 0 Å². The lowest BCUT2D eigenvalue weighted by Crippen LogP contribution is -2.30. The summed E-state index contributed by atoms with van der Waals surface area (Å²) in [6.45, 7) is 6.96. The van der Waals surface area contributed by atoms with E-state index in [4.69, 9.17) is 0 Å². The van der Waals surface area contributed by atoms with Crippen molar-refractivity contribution in [2.24, 2.45) is 0 Å². The fourth-order valence-corrected chi connectivity index (χ4v) is 1.40. The molecule has 1 N–H and O–H groups in total. The molecule has 0 atom stereocenters. The number of carbonyl (C=O) groups excluding carboxylic acids is 1. The van der Waals surface area contributed by atoms with Gasteiger partial charge in [0.1, 0.15) is 0 Å². The van der Waals surface area contributed by atoms with E-state index in [1.54, 1.807) is 0 Å². The number of benzene rings is 1. The quantitative estimate of drug-likeness (QED) is 0.844. The highest BCUT2D eigenvalue weighted by molar-refractivity contribution is 5.94. The predicted molar refractivity (Wildman–Crippen MR) is 68.0 cm³/mol. The van der Waals surface area contributed by atoms with Gasteiger partial charge in [0.2, 0.25) is 0 Å². The van der Waals surface area contributed by atoms with Crippen LogP contribution in [0.2, 0.25) is 0 Å². The number of hydrogen-bond donors (Lipinski definition) is 1. The normalized spacial score (nSPS) is 10.3. The SMILES string of the molecule is CCN(C)c1ccc(C(=O)NC(C)C)cc1. The highest BCUT2D eigenvalue weighted by Crippen LogP contribution is 2.13. The third-order valence-corrected chi connectivity index (χ3v) is 2.46. The molecular formula is C13H20N2O. The van der Waals surface area contributed by atoms with Gasteiger partial charge in [-0.1, -0.05) is 0 Å². The van der Waals surface area contributed by atoms with E-state index in [9.17, 15) is 4.79 Å². The van der Waals surface area contributed by atoms with Crippen LogP contribution in [0.5, 0.6) is 0 Å². The van der Waals surface area contributed by atoms with Crippen LogP contribution in [-0.2, 0) is 0 Å². The molecule has 0 aliphatic carbocycles. The molecule has 0 saturated heterocycles. The molecule has 0 saturated carbocycles. The lowest BCUT2D eigenvalue weighted by Gasteiger charge is -2.17. The molecule has 16 heavy (non-hydrogen) atoms. The van der Waals surface area contributed by atoms with Gasteiger partial charge >= 0.3 is 0 Å². The maximum atomic E-state index is 11.7. The van der Waals surface area contributed by atoms with Gasteiger partial charge in [0, 0.05) is 30.9 Å². The first kappa shape index (κ1) is 12.6. The molecule has 88 valence electrons. The van der Waals surface area contributed by atoms with Gasteiger partial charge in [0.25, 0.3) is 5.91 Å². The zero-order valence-corrected chi connectivity index (χ0v) is 10.4. The fraction of sp³-hybridized carbons (Fsp3) is 0.462. The summed E-state index contributed by atoms with van der Waals surface area (Å²) in [7, 11) is 2.03. The van der Waals surface area contributed by atoms with Crippen LogP contribution in [0.15, 0.2) is 24.3 Å². The van der Waals surface area contributed by atoms with Gasteiger partial charge in [-0.3, -0.25) is 4.79 Å². The Morgan fingerprint density at radius 2 is 1.88 bits per heavy atom. The molecule has 1 aromatic carbocycles. The Morgan fingerprint density at radius 3 is 2.31 bits per heavy atom. The highest BCUT2D eigenvalue weighted by atomic mass is 16.1. The van der Waals surface area contributed by atoms with Crippen LogP contribution in [0.3, 0.4) is 0 Å². The van der Waals surface area contributed by atoms with Crippen molar-refractivity contribution in [3.05, 3.63) is 29.8 Å².